The van der Waals surface area contributed by atoms with Gasteiger partial charge in [-0.1, -0.05) is 23.7 Å². The van der Waals surface area contributed by atoms with E-state index < -0.39 is 0 Å². The topological polar surface area (TPSA) is 48.0 Å². The van der Waals surface area contributed by atoms with Crippen LogP contribution in [0.2, 0.25) is 5.02 Å². The van der Waals surface area contributed by atoms with E-state index in [1.807, 2.05) is 23.1 Å². The molecule has 0 saturated carbocycles. The standard InChI is InChI=1S/C15H20ClNO4/c1-2-19-15(18)10-17-7-8-20-12(9-17)11-21-14-6-4-3-5-13(14)16/h3-6,12H,2,7-11H2,1H3. The zero-order valence-corrected chi connectivity index (χ0v) is 12.8. The highest BCUT2D eigenvalue weighted by Gasteiger charge is 2.23. The number of carbonyl (C=O) groups is 1. The highest BCUT2D eigenvalue weighted by molar-refractivity contribution is 6.32. The lowest BCUT2D eigenvalue weighted by molar-refractivity contribution is -0.146. The molecule has 1 aromatic rings. The van der Waals surface area contributed by atoms with Crippen molar-refractivity contribution >= 4 is 17.6 Å². The van der Waals surface area contributed by atoms with Crippen molar-refractivity contribution in [3.8, 4) is 5.75 Å². The molecule has 6 heteroatoms. The molecule has 1 aliphatic heterocycles. The summed E-state index contributed by atoms with van der Waals surface area (Å²) in [6.07, 6.45) is -0.0792. The molecule has 0 amide bonds. The van der Waals surface area contributed by atoms with Gasteiger partial charge in [0.05, 0.1) is 24.8 Å². The number of carbonyl (C=O) groups excluding carboxylic acids is 1. The van der Waals surface area contributed by atoms with Crippen LogP contribution in [0.15, 0.2) is 24.3 Å². The Balaban J connectivity index is 1.79. The Kier molecular flexibility index (Phi) is 6.29. The Bertz CT molecular complexity index is 469. The van der Waals surface area contributed by atoms with Crippen LogP contribution in [-0.2, 0) is 14.3 Å². The van der Waals surface area contributed by atoms with E-state index in [0.29, 0.717) is 43.7 Å². The molecule has 1 unspecified atom stereocenters. The number of halogens is 1. The maximum Gasteiger partial charge on any atom is 0.320 e. The predicted octanol–water partition coefficient (Wildman–Crippen LogP) is 1.98. The van der Waals surface area contributed by atoms with Crippen molar-refractivity contribution < 1.29 is 19.0 Å². The van der Waals surface area contributed by atoms with Gasteiger partial charge >= 0.3 is 5.97 Å². The summed E-state index contributed by atoms with van der Waals surface area (Å²) in [5, 5.41) is 0.580. The molecule has 0 aromatic heterocycles. The summed E-state index contributed by atoms with van der Waals surface area (Å²) in [5.74, 6) is 0.440. The molecule has 0 radical (unpaired) electrons. The summed E-state index contributed by atoms with van der Waals surface area (Å²) < 4.78 is 16.3. The molecular formula is C15H20ClNO4. The lowest BCUT2D eigenvalue weighted by atomic mass is 10.3. The van der Waals surface area contributed by atoms with Crippen LogP contribution >= 0.6 is 11.6 Å². The highest BCUT2D eigenvalue weighted by Crippen LogP contribution is 2.23. The van der Waals surface area contributed by atoms with Crippen LogP contribution in [-0.4, -0.2) is 56.4 Å². The molecule has 21 heavy (non-hydrogen) atoms. The molecule has 5 nitrogen and oxygen atoms in total. The monoisotopic (exact) mass is 313 g/mol. The summed E-state index contributed by atoms with van der Waals surface area (Å²) in [6, 6.07) is 7.33. The van der Waals surface area contributed by atoms with E-state index in [4.69, 9.17) is 25.8 Å². The number of nitrogens with zero attached hydrogens (tertiary/aromatic N) is 1. The first-order valence-corrected chi connectivity index (χ1v) is 7.43. The average Bonchev–Trinajstić information content (AvgIpc) is 2.47. The summed E-state index contributed by atoms with van der Waals surface area (Å²) >= 11 is 6.04. The molecule has 0 spiro atoms. The molecular weight excluding hydrogens is 294 g/mol. The molecule has 1 heterocycles. The molecule has 1 saturated heterocycles. The predicted molar refractivity (Wildman–Crippen MR) is 79.8 cm³/mol. The van der Waals surface area contributed by atoms with Crippen molar-refractivity contribution in [2.75, 3.05) is 39.5 Å². The Morgan fingerprint density at radius 2 is 2.29 bits per heavy atom. The first kappa shape index (κ1) is 16.1. The van der Waals surface area contributed by atoms with Crippen molar-refractivity contribution in [1.29, 1.82) is 0 Å². The molecule has 0 aliphatic carbocycles. The first-order valence-electron chi connectivity index (χ1n) is 7.06. The van der Waals surface area contributed by atoms with Crippen LogP contribution in [0.25, 0.3) is 0 Å². The fraction of sp³-hybridized carbons (Fsp3) is 0.533. The van der Waals surface area contributed by atoms with Gasteiger partial charge < -0.3 is 14.2 Å². The maximum atomic E-state index is 11.5. The van der Waals surface area contributed by atoms with Gasteiger partial charge in [-0.05, 0) is 19.1 Å². The minimum atomic E-state index is -0.204. The van der Waals surface area contributed by atoms with E-state index in [9.17, 15) is 4.79 Å². The number of morpholine rings is 1. The smallest absolute Gasteiger partial charge is 0.320 e. The molecule has 2 rings (SSSR count). The van der Waals surface area contributed by atoms with Crippen molar-refractivity contribution in [3.05, 3.63) is 29.3 Å². The second-order valence-corrected chi connectivity index (χ2v) is 5.18. The van der Waals surface area contributed by atoms with Gasteiger partial charge in [-0.25, -0.2) is 0 Å². The van der Waals surface area contributed by atoms with Crippen molar-refractivity contribution in [2.24, 2.45) is 0 Å². The number of hydrogen-bond donors (Lipinski definition) is 0. The van der Waals surface area contributed by atoms with Crippen molar-refractivity contribution in [3.63, 3.8) is 0 Å². The van der Waals surface area contributed by atoms with E-state index in [2.05, 4.69) is 0 Å². The lowest BCUT2D eigenvalue weighted by Gasteiger charge is -2.32. The van der Waals surface area contributed by atoms with Gasteiger partial charge in [-0.2, -0.15) is 0 Å². The van der Waals surface area contributed by atoms with E-state index >= 15 is 0 Å². The van der Waals surface area contributed by atoms with Gasteiger partial charge in [0.1, 0.15) is 18.5 Å². The fourth-order valence-corrected chi connectivity index (χ4v) is 2.35. The Morgan fingerprint density at radius 1 is 1.48 bits per heavy atom. The van der Waals surface area contributed by atoms with E-state index in [1.165, 1.54) is 0 Å². The van der Waals surface area contributed by atoms with Gasteiger partial charge in [-0.3, -0.25) is 9.69 Å². The van der Waals surface area contributed by atoms with Crippen LogP contribution < -0.4 is 4.74 Å². The largest absolute Gasteiger partial charge is 0.489 e. The third-order valence-electron chi connectivity index (χ3n) is 3.14. The minimum Gasteiger partial charge on any atom is -0.489 e. The minimum absolute atomic E-state index is 0.0792. The Morgan fingerprint density at radius 3 is 3.05 bits per heavy atom. The third kappa shape index (κ3) is 5.19. The summed E-state index contributed by atoms with van der Waals surface area (Å²) in [4.78, 5) is 13.5. The molecule has 116 valence electrons. The van der Waals surface area contributed by atoms with Crippen molar-refractivity contribution in [1.82, 2.24) is 4.90 Å². The third-order valence-corrected chi connectivity index (χ3v) is 3.45. The van der Waals surface area contributed by atoms with Gasteiger partial charge in [0.2, 0.25) is 0 Å². The van der Waals surface area contributed by atoms with Crippen LogP contribution in [0.5, 0.6) is 5.75 Å². The Labute approximate surface area is 129 Å². The number of para-hydroxylation sites is 1. The summed E-state index contributed by atoms with van der Waals surface area (Å²) in [6.45, 7) is 4.85. The van der Waals surface area contributed by atoms with Gasteiger partial charge in [-0.15, -0.1) is 0 Å². The number of rotatable bonds is 6. The van der Waals surface area contributed by atoms with Gasteiger partial charge in [0.15, 0.2) is 0 Å². The quantitative estimate of drug-likeness (QED) is 0.752. The molecule has 0 N–H and O–H groups in total. The first-order chi connectivity index (χ1) is 10.2. The zero-order valence-electron chi connectivity index (χ0n) is 12.1. The maximum absolute atomic E-state index is 11.5. The second kappa shape index (κ2) is 8.22. The molecule has 1 aromatic carbocycles. The molecule has 1 aliphatic rings. The molecule has 1 atom stereocenters. The average molecular weight is 314 g/mol. The normalized spacial score (nSPS) is 19.2. The zero-order chi connectivity index (χ0) is 15.1. The lowest BCUT2D eigenvalue weighted by Crippen LogP contribution is -2.47. The molecule has 0 bridgehead atoms. The van der Waals surface area contributed by atoms with Crippen LogP contribution in [0.3, 0.4) is 0 Å². The second-order valence-electron chi connectivity index (χ2n) is 4.77. The van der Waals surface area contributed by atoms with Crippen LogP contribution in [0.4, 0.5) is 0 Å². The van der Waals surface area contributed by atoms with E-state index in [0.717, 1.165) is 6.54 Å². The van der Waals surface area contributed by atoms with Gasteiger partial charge in [0.25, 0.3) is 0 Å². The fourth-order valence-electron chi connectivity index (χ4n) is 2.16. The molecule has 1 fully saturated rings. The Hall–Kier alpha value is -1.30. The highest BCUT2D eigenvalue weighted by atomic mass is 35.5. The van der Waals surface area contributed by atoms with Crippen LogP contribution in [0.1, 0.15) is 6.92 Å². The SMILES string of the molecule is CCOC(=O)CN1CCOC(COc2ccccc2Cl)C1. The number of ether oxygens (including phenoxy) is 3. The summed E-state index contributed by atoms with van der Waals surface area (Å²) in [5.41, 5.74) is 0. The number of benzene rings is 1. The number of esters is 1. The van der Waals surface area contributed by atoms with Crippen LogP contribution in [0, 0.1) is 0 Å². The number of hydrogen-bond acceptors (Lipinski definition) is 5. The van der Waals surface area contributed by atoms with Gasteiger partial charge in [0, 0.05) is 13.1 Å². The van der Waals surface area contributed by atoms with E-state index in [-0.39, 0.29) is 12.1 Å². The van der Waals surface area contributed by atoms with E-state index in [1.54, 1.807) is 13.0 Å². The summed E-state index contributed by atoms with van der Waals surface area (Å²) in [7, 11) is 0. The van der Waals surface area contributed by atoms with Crippen molar-refractivity contribution in [2.45, 2.75) is 13.0 Å².